The van der Waals surface area contributed by atoms with Crippen LogP contribution in [0.25, 0.3) is 0 Å². The molecule has 5 nitrogen and oxygen atoms in total. The van der Waals surface area contributed by atoms with Crippen LogP contribution < -0.4 is 5.32 Å². The number of rotatable bonds is 6. The Hall–Kier alpha value is -2.30. The first-order valence-electron chi connectivity index (χ1n) is 7.12. The number of carbonyl (C=O) groups excluding carboxylic acids is 2. The molecule has 0 saturated heterocycles. The van der Waals surface area contributed by atoms with E-state index in [-0.39, 0.29) is 13.0 Å². The summed E-state index contributed by atoms with van der Waals surface area (Å²) in [6, 6.07) is 8.81. The van der Waals surface area contributed by atoms with Crippen molar-refractivity contribution >= 4 is 12.1 Å². The number of ether oxygens (including phenoxy) is 2. The van der Waals surface area contributed by atoms with Crippen LogP contribution in [-0.2, 0) is 20.9 Å². The third-order valence-electron chi connectivity index (χ3n) is 2.61. The second-order valence-corrected chi connectivity index (χ2v) is 5.84. The molecule has 1 aromatic rings. The van der Waals surface area contributed by atoms with Crippen molar-refractivity contribution in [2.75, 3.05) is 0 Å². The lowest BCUT2D eigenvalue weighted by molar-refractivity contribution is -0.155. The van der Waals surface area contributed by atoms with E-state index in [2.05, 4.69) is 11.9 Å². The van der Waals surface area contributed by atoms with Crippen molar-refractivity contribution in [2.45, 2.75) is 45.4 Å². The first-order chi connectivity index (χ1) is 10.3. The average molecular weight is 305 g/mol. The lowest BCUT2D eigenvalue weighted by Crippen LogP contribution is -2.37. The minimum absolute atomic E-state index is 0.0151. The highest BCUT2D eigenvalue weighted by molar-refractivity contribution is 5.73. The van der Waals surface area contributed by atoms with Crippen LogP contribution in [0.2, 0.25) is 0 Å². The Kier molecular flexibility index (Phi) is 6.63. The smallest absolute Gasteiger partial charge is 0.407 e. The quantitative estimate of drug-likeness (QED) is 0.647. The molecule has 1 N–H and O–H groups in total. The van der Waals surface area contributed by atoms with E-state index in [4.69, 9.17) is 9.47 Å². The molecule has 0 bridgehead atoms. The number of amides is 1. The molecule has 22 heavy (non-hydrogen) atoms. The maximum Gasteiger partial charge on any atom is 0.407 e. The van der Waals surface area contributed by atoms with Gasteiger partial charge in [-0.15, -0.1) is 6.58 Å². The van der Waals surface area contributed by atoms with E-state index in [0.29, 0.717) is 0 Å². The summed E-state index contributed by atoms with van der Waals surface area (Å²) in [5.41, 5.74) is 0.330. The van der Waals surface area contributed by atoms with Crippen LogP contribution in [0.4, 0.5) is 4.79 Å². The van der Waals surface area contributed by atoms with Gasteiger partial charge in [0.1, 0.15) is 12.2 Å². The molecule has 0 aliphatic rings. The molecule has 1 amide bonds. The Bertz CT molecular complexity index is 505. The lowest BCUT2D eigenvalue weighted by atomic mass is 10.1. The maximum atomic E-state index is 11.7. The predicted octanol–water partition coefficient (Wildman–Crippen LogP) is 3.20. The summed E-state index contributed by atoms with van der Waals surface area (Å²) < 4.78 is 10.3. The Labute approximate surface area is 131 Å². The Morgan fingerprint density at radius 2 is 1.91 bits per heavy atom. The molecule has 0 aromatic heterocycles. The number of benzene rings is 1. The summed E-state index contributed by atoms with van der Waals surface area (Å²) in [4.78, 5) is 23.4. The van der Waals surface area contributed by atoms with Gasteiger partial charge in [-0.3, -0.25) is 4.79 Å². The van der Waals surface area contributed by atoms with Crippen LogP contribution in [0, 0.1) is 0 Å². The molecule has 0 radical (unpaired) electrons. The topological polar surface area (TPSA) is 64.6 Å². The monoisotopic (exact) mass is 305 g/mol. The molecule has 0 heterocycles. The highest BCUT2D eigenvalue weighted by Gasteiger charge is 2.20. The van der Waals surface area contributed by atoms with Crippen LogP contribution in [0.15, 0.2) is 43.0 Å². The van der Waals surface area contributed by atoms with Crippen LogP contribution in [0.5, 0.6) is 0 Å². The van der Waals surface area contributed by atoms with Gasteiger partial charge in [0.25, 0.3) is 0 Å². The number of carbonyl (C=O) groups is 2. The van der Waals surface area contributed by atoms with E-state index in [1.54, 1.807) is 20.8 Å². The molecule has 1 rings (SSSR count). The van der Waals surface area contributed by atoms with Crippen LogP contribution in [0.1, 0.15) is 32.8 Å². The Balaban J connectivity index is 2.40. The van der Waals surface area contributed by atoms with Gasteiger partial charge >= 0.3 is 12.1 Å². The number of hydrogen-bond acceptors (Lipinski definition) is 4. The fourth-order valence-corrected chi connectivity index (χ4v) is 1.67. The van der Waals surface area contributed by atoms with E-state index in [1.165, 1.54) is 6.08 Å². The fourth-order valence-electron chi connectivity index (χ4n) is 1.67. The molecule has 5 heteroatoms. The Morgan fingerprint density at radius 3 is 2.45 bits per heavy atom. The number of esters is 1. The van der Waals surface area contributed by atoms with Gasteiger partial charge in [0.15, 0.2) is 0 Å². The minimum atomic E-state index is -0.600. The summed E-state index contributed by atoms with van der Waals surface area (Å²) in [7, 11) is 0. The van der Waals surface area contributed by atoms with Crippen LogP contribution >= 0.6 is 0 Å². The summed E-state index contributed by atoms with van der Waals surface area (Å²) in [5, 5.41) is 2.57. The van der Waals surface area contributed by atoms with Crippen LogP contribution in [-0.4, -0.2) is 23.7 Å². The highest BCUT2D eigenvalue weighted by Crippen LogP contribution is 2.10. The molecule has 120 valence electrons. The molecular formula is C17H23NO4. The largest absolute Gasteiger partial charge is 0.460 e. The standard InChI is InChI=1S/C17H23NO4/c1-5-14(11-15(19)22-17(2,3)4)18-16(20)21-12-13-9-7-6-8-10-13/h5-10,14H,1,11-12H2,2-4H3,(H,18,20). The first-order valence-corrected chi connectivity index (χ1v) is 7.12. The zero-order chi connectivity index (χ0) is 16.6. The van der Waals surface area contributed by atoms with Gasteiger partial charge in [0.2, 0.25) is 0 Å². The summed E-state index contributed by atoms with van der Waals surface area (Å²) >= 11 is 0. The van der Waals surface area contributed by atoms with E-state index in [0.717, 1.165) is 5.56 Å². The van der Waals surface area contributed by atoms with Crippen molar-refractivity contribution in [3.63, 3.8) is 0 Å². The molecule has 1 atom stereocenters. The average Bonchev–Trinajstić information content (AvgIpc) is 2.43. The van der Waals surface area contributed by atoms with Crippen molar-refractivity contribution in [3.8, 4) is 0 Å². The lowest BCUT2D eigenvalue weighted by Gasteiger charge is -2.21. The normalized spacial score (nSPS) is 12.1. The van der Waals surface area contributed by atoms with E-state index < -0.39 is 23.7 Å². The number of hydrogen-bond donors (Lipinski definition) is 1. The fraction of sp³-hybridized carbons (Fsp3) is 0.412. The number of alkyl carbamates (subject to hydrolysis) is 1. The van der Waals surface area contributed by atoms with Gasteiger partial charge in [0, 0.05) is 0 Å². The van der Waals surface area contributed by atoms with E-state index in [9.17, 15) is 9.59 Å². The second kappa shape index (κ2) is 8.22. The van der Waals surface area contributed by atoms with Gasteiger partial charge in [-0.25, -0.2) is 4.79 Å². The Morgan fingerprint density at radius 1 is 1.27 bits per heavy atom. The van der Waals surface area contributed by atoms with E-state index >= 15 is 0 Å². The predicted molar refractivity (Wildman–Crippen MR) is 84.2 cm³/mol. The third kappa shape index (κ3) is 7.47. The van der Waals surface area contributed by atoms with Crippen molar-refractivity contribution in [3.05, 3.63) is 48.6 Å². The van der Waals surface area contributed by atoms with Gasteiger partial charge < -0.3 is 14.8 Å². The van der Waals surface area contributed by atoms with Gasteiger partial charge in [-0.05, 0) is 26.3 Å². The SMILES string of the molecule is C=CC(CC(=O)OC(C)(C)C)NC(=O)OCc1ccccc1. The van der Waals surface area contributed by atoms with Crippen molar-refractivity contribution in [2.24, 2.45) is 0 Å². The third-order valence-corrected chi connectivity index (χ3v) is 2.61. The number of nitrogens with one attached hydrogen (secondary N) is 1. The molecule has 0 fully saturated rings. The van der Waals surface area contributed by atoms with Gasteiger partial charge in [0.05, 0.1) is 12.5 Å². The molecular weight excluding hydrogens is 282 g/mol. The highest BCUT2D eigenvalue weighted by atomic mass is 16.6. The zero-order valence-electron chi connectivity index (χ0n) is 13.3. The summed E-state index contributed by atoms with van der Waals surface area (Å²) in [6.45, 7) is 9.13. The van der Waals surface area contributed by atoms with Crippen molar-refractivity contribution in [1.82, 2.24) is 5.32 Å². The summed E-state index contributed by atoms with van der Waals surface area (Å²) in [5.74, 6) is -0.402. The molecule has 0 aliphatic carbocycles. The van der Waals surface area contributed by atoms with Gasteiger partial charge in [-0.1, -0.05) is 36.4 Å². The first kappa shape index (κ1) is 17.8. The van der Waals surface area contributed by atoms with Crippen LogP contribution in [0.3, 0.4) is 0 Å². The second-order valence-electron chi connectivity index (χ2n) is 5.84. The molecule has 1 unspecified atom stereocenters. The molecule has 0 spiro atoms. The van der Waals surface area contributed by atoms with E-state index in [1.807, 2.05) is 30.3 Å². The molecule has 0 saturated carbocycles. The minimum Gasteiger partial charge on any atom is -0.460 e. The molecule has 0 aliphatic heterocycles. The maximum absolute atomic E-state index is 11.7. The van der Waals surface area contributed by atoms with Gasteiger partial charge in [-0.2, -0.15) is 0 Å². The zero-order valence-corrected chi connectivity index (χ0v) is 13.3. The molecule has 1 aromatic carbocycles. The van der Waals surface area contributed by atoms with Crippen molar-refractivity contribution < 1.29 is 19.1 Å². The summed E-state index contributed by atoms with van der Waals surface area (Å²) in [6.07, 6.45) is 0.895. The van der Waals surface area contributed by atoms with Crippen molar-refractivity contribution in [1.29, 1.82) is 0 Å².